The van der Waals surface area contributed by atoms with E-state index in [0.29, 0.717) is 16.3 Å². The highest BCUT2D eigenvalue weighted by Crippen LogP contribution is 2.25. The summed E-state index contributed by atoms with van der Waals surface area (Å²) in [4.78, 5) is 12.4. The Morgan fingerprint density at radius 2 is 2.24 bits per heavy atom. The number of carbonyl (C=O) groups is 1. The van der Waals surface area contributed by atoms with Gasteiger partial charge >= 0.3 is 0 Å². The molecule has 0 unspecified atom stereocenters. The average molecular weight is 251 g/mol. The Labute approximate surface area is 102 Å². The average Bonchev–Trinajstić information content (AvgIpc) is 2.85. The molecule has 0 radical (unpaired) electrons. The van der Waals surface area contributed by atoms with Gasteiger partial charge in [-0.3, -0.25) is 4.79 Å². The second kappa shape index (κ2) is 4.97. The lowest BCUT2D eigenvalue weighted by Crippen LogP contribution is -2.11. The number of nitrogens with one attached hydrogen (secondary N) is 1. The number of amides is 1. The van der Waals surface area contributed by atoms with Gasteiger partial charge in [0.15, 0.2) is 0 Å². The van der Waals surface area contributed by atoms with Crippen LogP contribution in [-0.4, -0.2) is 13.0 Å². The molecule has 0 aliphatic carbocycles. The van der Waals surface area contributed by atoms with Crippen molar-refractivity contribution in [3.63, 3.8) is 0 Å². The molecular weight excluding hydrogens is 241 g/mol. The number of halogens is 1. The lowest BCUT2D eigenvalue weighted by molar-refractivity contribution is 0.103. The molecule has 0 aliphatic rings. The molecule has 2 aromatic rings. The van der Waals surface area contributed by atoms with Crippen molar-refractivity contribution >= 4 is 22.9 Å². The fourth-order valence-electron chi connectivity index (χ4n) is 1.36. The van der Waals surface area contributed by atoms with Gasteiger partial charge in [-0.25, -0.2) is 4.39 Å². The third-order valence-electron chi connectivity index (χ3n) is 2.16. The lowest BCUT2D eigenvalue weighted by atomic mass is 10.2. The molecule has 0 saturated heterocycles. The molecule has 0 bridgehead atoms. The number of methoxy groups -OCH3 is 1. The van der Waals surface area contributed by atoms with Crippen LogP contribution in [0.1, 0.15) is 9.67 Å². The molecule has 17 heavy (non-hydrogen) atoms. The maximum atomic E-state index is 13.0. The fourth-order valence-corrected chi connectivity index (χ4v) is 1.98. The molecule has 1 aromatic carbocycles. The molecule has 88 valence electrons. The Bertz CT molecular complexity index is 525. The Kier molecular flexibility index (Phi) is 3.39. The SMILES string of the molecule is COc1cc(F)ccc1NC(=O)c1cccs1. The van der Waals surface area contributed by atoms with Crippen LogP contribution in [0.15, 0.2) is 35.7 Å². The van der Waals surface area contributed by atoms with Gasteiger partial charge in [-0.2, -0.15) is 0 Å². The normalized spacial score (nSPS) is 10.0. The van der Waals surface area contributed by atoms with Crippen LogP contribution in [0.4, 0.5) is 10.1 Å². The zero-order chi connectivity index (χ0) is 12.3. The molecule has 5 heteroatoms. The van der Waals surface area contributed by atoms with Crippen molar-refractivity contribution < 1.29 is 13.9 Å². The summed E-state index contributed by atoms with van der Waals surface area (Å²) in [5, 5.41) is 4.49. The van der Waals surface area contributed by atoms with E-state index in [1.54, 1.807) is 12.1 Å². The second-order valence-corrected chi connectivity index (χ2v) is 4.22. The van der Waals surface area contributed by atoms with Crippen LogP contribution in [0.3, 0.4) is 0 Å². The summed E-state index contributed by atoms with van der Waals surface area (Å²) < 4.78 is 17.9. The quantitative estimate of drug-likeness (QED) is 0.910. The van der Waals surface area contributed by atoms with Crippen molar-refractivity contribution in [3.8, 4) is 5.75 Å². The van der Waals surface area contributed by atoms with Crippen molar-refractivity contribution in [2.45, 2.75) is 0 Å². The van der Waals surface area contributed by atoms with E-state index >= 15 is 0 Å². The van der Waals surface area contributed by atoms with Gasteiger partial charge in [0.2, 0.25) is 0 Å². The topological polar surface area (TPSA) is 38.3 Å². The third-order valence-corrected chi connectivity index (χ3v) is 3.03. The highest BCUT2D eigenvalue weighted by atomic mass is 32.1. The Morgan fingerprint density at radius 3 is 2.88 bits per heavy atom. The lowest BCUT2D eigenvalue weighted by Gasteiger charge is -2.09. The monoisotopic (exact) mass is 251 g/mol. The Morgan fingerprint density at radius 1 is 1.41 bits per heavy atom. The number of hydrogen-bond donors (Lipinski definition) is 1. The maximum Gasteiger partial charge on any atom is 0.265 e. The summed E-state index contributed by atoms with van der Waals surface area (Å²) in [7, 11) is 1.43. The van der Waals surface area contributed by atoms with Crippen molar-refractivity contribution in [2.75, 3.05) is 12.4 Å². The highest BCUT2D eigenvalue weighted by molar-refractivity contribution is 7.12. The van der Waals surface area contributed by atoms with E-state index in [2.05, 4.69) is 5.32 Å². The molecule has 2 rings (SSSR count). The van der Waals surface area contributed by atoms with E-state index in [9.17, 15) is 9.18 Å². The third kappa shape index (κ3) is 2.62. The van der Waals surface area contributed by atoms with Crippen LogP contribution < -0.4 is 10.1 Å². The molecule has 1 aromatic heterocycles. The fraction of sp³-hybridized carbons (Fsp3) is 0.0833. The smallest absolute Gasteiger partial charge is 0.265 e. The first-order valence-electron chi connectivity index (χ1n) is 4.89. The molecule has 0 saturated carbocycles. The van der Waals surface area contributed by atoms with Gasteiger partial charge in [0.1, 0.15) is 11.6 Å². The van der Waals surface area contributed by atoms with Gasteiger partial charge in [0.05, 0.1) is 17.7 Å². The molecular formula is C12H10FNO2S. The van der Waals surface area contributed by atoms with Crippen LogP contribution in [-0.2, 0) is 0 Å². The van der Waals surface area contributed by atoms with E-state index in [1.165, 1.54) is 36.6 Å². The number of hydrogen-bond acceptors (Lipinski definition) is 3. The van der Waals surface area contributed by atoms with E-state index < -0.39 is 5.82 Å². The maximum absolute atomic E-state index is 13.0. The zero-order valence-corrected chi connectivity index (χ0v) is 9.88. The van der Waals surface area contributed by atoms with Gasteiger partial charge in [0.25, 0.3) is 5.91 Å². The molecule has 1 amide bonds. The number of anilines is 1. The Hall–Kier alpha value is -1.88. The van der Waals surface area contributed by atoms with Crippen LogP contribution in [0.2, 0.25) is 0 Å². The predicted molar refractivity (Wildman–Crippen MR) is 65.2 cm³/mol. The zero-order valence-electron chi connectivity index (χ0n) is 9.07. The van der Waals surface area contributed by atoms with Crippen molar-refractivity contribution in [1.82, 2.24) is 0 Å². The van der Waals surface area contributed by atoms with Gasteiger partial charge in [-0.05, 0) is 23.6 Å². The number of benzene rings is 1. The first-order valence-corrected chi connectivity index (χ1v) is 5.77. The molecule has 0 fully saturated rings. The van der Waals surface area contributed by atoms with E-state index in [0.717, 1.165) is 0 Å². The molecule has 0 aliphatic heterocycles. The number of carbonyl (C=O) groups excluding carboxylic acids is 1. The van der Waals surface area contributed by atoms with Crippen LogP contribution >= 0.6 is 11.3 Å². The summed E-state index contributed by atoms with van der Waals surface area (Å²) >= 11 is 1.34. The molecule has 0 spiro atoms. The summed E-state index contributed by atoms with van der Waals surface area (Å²) in [6.07, 6.45) is 0. The summed E-state index contributed by atoms with van der Waals surface area (Å²) in [5.74, 6) is -0.337. The highest BCUT2D eigenvalue weighted by Gasteiger charge is 2.10. The minimum atomic E-state index is -0.407. The van der Waals surface area contributed by atoms with E-state index in [4.69, 9.17) is 4.74 Å². The number of rotatable bonds is 3. The molecule has 0 atom stereocenters. The molecule has 1 heterocycles. The molecule has 3 nitrogen and oxygen atoms in total. The van der Waals surface area contributed by atoms with Crippen molar-refractivity contribution in [1.29, 1.82) is 0 Å². The summed E-state index contributed by atoms with van der Waals surface area (Å²) in [6, 6.07) is 7.48. The van der Waals surface area contributed by atoms with Crippen LogP contribution in [0.5, 0.6) is 5.75 Å². The van der Waals surface area contributed by atoms with E-state index in [1.807, 2.05) is 5.38 Å². The van der Waals surface area contributed by atoms with Gasteiger partial charge in [-0.15, -0.1) is 11.3 Å². The minimum Gasteiger partial charge on any atom is -0.494 e. The van der Waals surface area contributed by atoms with Gasteiger partial charge < -0.3 is 10.1 Å². The first-order chi connectivity index (χ1) is 8.20. The number of thiophene rings is 1. The summed E-state index contributed by atoms with van der Waals surface area (Å²) in [5.41, 5.74) is 0.451. The summed E-state index contributed by atoms with van der Waals surface area (Å²) in [6.45, 7) is 0. The van der Waals surface area contributed by atoms with Gasteiger partial charge in [-0.1, -0.05) is 6.07 Å². The second-order valence-electron chi connectivity index (χ2n) is 3.28. The number of ether oxygens (including phenoxy) is 1. The first kappa shape index (κ1) is 11.6. The minimum absolute atomic E-state index is 0.232. The van der Waals surface area contributed by atoms with E-state index in [-0.39, 0.29) is 5.91 Å². The predicted octanol–water partition coefficient (Wildman–Crippen LogP) is 3.15. The van der Waals surface area contributed by atoms with Crippen LogP contribution in [0.25, 0.3) is 0 Å². The standard InChI is InChI=1S/C12H10FNO2S/c1-16-10-7-8(13)4-5-9(10)14-12(15)11-3-2-6-17-11/h2-7H,1H3,(H,14,15). The molecule has 1 N–H and O–H groups in total. The Balaban J connectivity index is 2.21. The van der Waals surface area contributed by atoms with Crippen molar-refractivity contribution in [2.24, 2.45) is 0 Å². The largest absolute Gasteiger partial charge is 0.494 e. The van der Waals surface area contributed by atoms with Gasteiger partial charge in [0, 0.05) is 6.07 Å². The van der Waals surface area contributed by atoms with Crippen LogP contribution in [0, 0.1) is 5.82 Å². The van der Waals surface area contributed by atoms with Crippen molar-refractivity contribution in [3.05, 3.63) is 46.4 Å².